The van der Waals surface area contributed by atoms with Crippen LogP contribution in [0.4, 0.5) is 0 Å². The first kappa shape index (κ1) is 10.7. The number of hydrogen-bond acceptors (Lipinski definition) is 2. The van der Waals surface area contributed by atoms with Crippen molar-refractivity contribution in [3.05, 3.63) is 35.9 Å². The smallest absolute Gasteiger partial charge is 0.0236 e. The van der Waals surface area contributed by atoms with Gasteiger partial charge in [0, 0.05) is 25.2 Å². The van der Waals surface area contributed by atoms with Crippen LogP contribution in [0.2, 0.25) is 0 Å². The van der Waals surface area contributed by atoms with Crippen LogP contribution in [-0.2, 0) is 6.42 Å². The zero-order valence-corrected chi connectivity index (χ0v) is 9.61. The molecule has 2 nitrogen and oxygen atoms in total. The lowest BCUT2D eigenvalue weighted by atomic mass is 10.0. The third-order valence-electron chi connectivity index (χ3n) is 3.29. The quantitative estimate of drug-likeness (QED) is 0.786. The molecule has 15 heavy (non-hydrogen) atoms. The maximum Gasteiger partial charge on any atom is 0.0236 e. The zero-order chi connectivity index (χ0) is 10.7. The molecule has 1 aliphatic heterocycles. The first-order valence-corrected chi connectivity index (χ1v) is 5.73. The molecule has 0 amide bonds. The molecule has 1 fully saturated rings. The highest BCUT2D eigenvalue weighted by molar-refractivity contribution is 5.16. The van der Waals surface area contributed by atoms with Gasteiger partial charge in [0.15, 0.2) is 0 Å². The van der Waals surface area contributed by atoms with Crippen molar-refractivity contribution >= 4 is 0 Å². The Morgan fingerprint density at radius 2 is 2.07 bits per heavy atom. The lowest BCUT2D eigenvalue weighted by Gasteiger charge is -2.36. The molecule has 0 saturated carbocycles. The minimum absolute atomic E-state index is 0.605. The van der Waals surface area contributed by atoms with Gasteiger partial charge in [0.05, 0.1) is 0 Å². The second-order valence-electron chi connectivity index (χ2n) is 4.58. The third-order valence-corrected chi connectivity index (χ3v) is 3.29. The maximum atomic E-state index is 3.61. The van der Waals surface area contributed by atoms with Crippen LogP contribution in [0.3, 0.4) is 0 Å². The monoisotopic (exact) mass is 204 g/mol. The number of hydrogen-bond donors (Lipinski definition) is 1. The molecule has 1 aliphatic rings. The van der Waals surface area contributed by atoms with E-state index in [1.807, 2.05) is 0 Å². The normalized spacial score (nSPS) is 27.9. The molecule has 2 rings (SSSR count). The molecule has 82 valence electrons. The Morgan fingerprint density at radius 3 is 2.73 bits per heavy atom. The molecule has 0 spiro atoms. The predicted molar refractivity (Wildman–Crippen MR) is 64.0 cm³/mol. The fraction of sp³-hybridized carbons (Fsp3) is 0.538. The summed E-state index contributed by atoms with van der Waals surface area (Å²) in [5.74, 6) is 0. The van der Waals surface area contributed by atoms with Gasteiger partial charge >= 0.3 is 0 Å². The van der Waals surface area contributed by atoms with E-state index >= 15 is 0 Å². The molecular weight excluding hydrogens is 184 g/mol. The summed E-state index contributed by atoms with van der Waals surface area (Å²) in [5, 5.41) is 3.61. The minimum atomic E-state index is 0.605. The second-order valence-corrected chi connectivity index (χ2v) is 4.58. The number of rotatable bonds is 2. The molecule has 0 bridgehead atoms. The summed E-state index contributed by atoms with van der Waals surface area (Å²) < 4.78 is 0. The zero-order valence-electron chi connectivity index (χ0n) is 9.61. The molecule has 1 heterocycles. The predicted octanol–water partition coefficient (Wildman–Crippen LogP) is 1.52. The Bertz CT molecular complexity index is 297. The van der Waals surface area contributed by atoms with Gasteiger partial charge in [0.25, 0.3) is 0 Å². The van der Waals surface area contributed by atoms with Gasteiger partial charge in [0.1, 0.15) is 0 Å². The number of piperazine rings is 1. The van der Waals surface area contributed by atoms with E-state index in [0.29, 0.717) is 12.1 Å². The Labute approximate surface area is 92.3 Å². The fourth-order valence-electron chi connectivity index (χ4n) is 2.12. The van der Waals surface area contributed by atoms with Crippen molar-refractivity contribution in [3.8, 4) is 0 Å². The number of benzene rings is 1. The molecule has 0 aliphatic carbocycles. The SMILES string of the molecule is C[C@H]1CN[C@@H](Cc2ccccc2)CN1C. The molecule has 2 heteroatoms. The standard InChI is InChI=1S/C13H20N2/c1-11-9-14-13(10-15(11)2)8-12-6-4-3-5-7-12/h3-7,11,13-14H,8-10H2,1-2H3/t11-,13-/m0/s1. The van der Waals surface area contributed by atoms with Crippen LogP contribution in [0.1, 0.15) is 12.5 Å². The summed E-state index contributed by atoms with van der Waals surface area (Å²) in [6.07, 6.45) is 1.14. The average Bonchev–Trinajstić information content (AvgIpc) is 2.25. The van der Waals surface area contributed by atoms with Gasteiger partial charge in [-0.1, -0.05) is 30.3 Å². The van der Waals surface area contributed by atoms with E-state index in [1.165, 1.54) is 5.56 Å². The molecule has 1 saturated heterocycles. The maximum absolute atomic E-state index is 3.61. The van der Waals surface area contributed by atoms with Gasteiger partial charge < -0.3 is 10.2 Å². The number of nitrogens with zero attached hydrogens (tertiary/aromatic N) is 1. The summed E-state index contributed by atoms with van der Waals surface area (Å²) in [6.45, 7) is 4.52. The largest absolute Gasteiger partial charge is 0.311 e. The Kier molecular flexibility index (Phi) is 3.39. The summed E-state index contributed by atoms with van der Waals surface area (Å²) in [6, 6.07) is 12.0. The van der Waals surface area contributed by atoms with Crippen molar-refractivity contribution in [2.45, 2.75) is 25.4 Å². The highest BCUT2D eigenvalue weighted by Crippen LogP contribution is 2.09. The lowest BCUT2D eigenvalue weighted by molar-refractivity contribution is 0.175. The molecular formula is C13H20N2. The van der Waals surface area contributed by atoms with Crippen LogP contribution < -0.4 is 5.32 Å². The van der Waals surface area contributed by atoms with E-state index in [2.05, 4.69) is 54.5 Å². The Balaban J connectivity index is 1.91. The molecule has 0 radical (unpaired) electrons. The van der Waals surface area contributed by atoms with E-state index in [-0.39, 0.29) is 0 Å². The summed E-state index contributed by atoms with van der Waals surface area (Å²) in [7, 11) is 2.21. The van der Waals surface area contributed by atoms with Crippen molar-refractivity contribution in [1.82, 2.24) is 10.2 Å². The number of likely N-dealkylation sites (N-methyl/N-ethyl adjacent to an activating group) is 1. The van der Waals surface area contributed by atoms with E-state index < -0.39 is 0 Å². The van der Waals surface area contributed by atoms with Gasteiger partial charge in [-0.3, -0.25) is 0 Å². The highest BCUT2D eigenvalue weighted by atomic mass is 15.2. The first-order chi connectivity index (χ1) is 7.25. The Morgan fingerprint density at radius 1 is 1.33 bits per heavy atom. The van der Waals surface area contributed by atoms with Crippen LogP contribution in [0.15, 0.2) is 30.3 Å². The van der Waals surface area contributed by atoms with Crippen LogP contribution in [0, 0.1) is 0 Å². The van der Waals surface area contributed by atoms with Gasteiger partial charge in [-0.15, -0.1) is 0 Å². The van der Waals surface area contributed by atoms with Crippen LogP contribution in [0.5, 0.6) is 0 Å². The first-order valence-electron chi connectivity index (χ1n) is 5.73. The summed E-state index contributed by atoms with van der Waals surface area (Å²) >= 11 is 0. The van der Waals surface area contributed by atoms with E-state index in [0.717, 1.165) is 19.5 Å². The molecule has 1 aromatic rings. The topological polar surface area (TPSA) is 15.3 Å². The van der Waals surface area contributed by atoms with Gasteiger partial charge in [-0.25, -0.2) is 0 Å². The number of nitrogens with one attached hydrogen (secondary N) is 1. The van der Waals surface area contributed by atoms with Crippen LogP contribution >= 0.6 is 0 Å². The van der Waals surface area contributed by atoms with Crippen molar-refractivity contribution in [2.24, 2.45) is 0 Å². The Hall–Kier alpha value is -0.860. The molecule has 0 unspecified atom stereocenters. The van der Waals surface area contributed by atoms with E-state index in [1.54, 1.807) is 0 Å². The van der Waals surface area contributed by atoms with Crippen LogP contribution in [-0.4, -0.2) is 37.1 Å². The molecule has 0 aromatic heterocycles. The third kappa shape index (κ3) is 2.80. The lowest BCUT2D eigenvalue weighted by Crippen LogP contribution is -2.54. The fourth-order valence-corrected chi connectivity index (χ4v) is 2.12. The van der Waals surface area contributed by atoms with Crippen LogP contribution in [0.25, 0.3) is 0 Å². The van der Waals surface area contributed by atoms with E-state index in [9.17, 15) is 0 Å². The van der Waals surface area contributed by atoms with Crippen molar-refractivity contribution in [2.75, 3.05) is 20.1 Å². The highest BCUT2D eigenvalue weighted by Gasteiger charge is 2.21. The summed E-state index contributed by atoms with van der Waals surface area (Å²) in [4.78, 5) is 2.43. The van der Waals surface area contributed by atoms with Gasteiger partial charge in [-0.05, 0) is 26.0 Å². The molecule has 1 aromatic carbocycles. The molecule has 2 atom stereocenters. The average molecular weight is 204 g/mol. The van der Waals surface area contributed by atoms with Gasteiger partial charge in [-0.2, -0.15) is 0 Å². The van der Waals surface area contributed by atoms with Crippen molar-refractivity contribution < 1.29 is 0 Å². The minimum Gasteiger partial charge on any atom is -0.311 e. The van der Waals surface area contributed by atoms with Crippen molar-refractivity contribution in [1.29, 1.82) is 0 Å². The second kappa shape index (κ2) is 4.77. The van der Waals surface area contributed by atoms with Crippen molar-refractivity contribution in [3.63, 3.8) is 0 Å². The van der Waals surface area contributed by atoms with E-state index in [4.69, 9.17) is 0 Å². The summed E-state index contributed by atoms with van der Waals surface area (Å²) in [5.41, 5.74) is 1.43. The molecule has 1 N–H and O–H groups in total. The van der Waals surface area contributed by atoms with Gasteiger partial charge in [0.2, 0.25) is 0 Å².